The minimum absolute atomic E-state index is 0.461. The number of hydrogen-bond acceptors (Lipinski definition) is 1. The second kappa shape index (κ2) is 5.75. The van der Waals surface area contributed by atoms with E-state index in [4.69, 9.17) is 11.6 Å². The molecule has 2 aromatic carbocycles. The first-order chi connectivity index (χ1) is 9.72. The fourth-order valence-corrected chi connectivity index (χ4v) is 3.74. The summed E-state index contributed by atoms with van der Waals surface area (Å²) < 4.78 is 0. The van der Waals surface area contributed by atoms with E-state index in [0.29, 0.717) is 12.0 Å². The lowest BCUT2D eigenvalue weighted by atomic mass is 9.78. The van der Waals surface area contributed by atoms with Crippen molar-refractivity contribution in [3.63, 3.8) is 0 Å². The minimum Gasteiger partial charge on any atom is -0.310 e. The number of fused-ring (bicyclic) bond motifs is 3. The van der Waals surface area contributed by atoms with Crippen LogP contribution in [-0.4, -0.2) is 6.54 Å². The van der Waals surface area contributed by atoms with Crippen LogP contribution in [-0.2, 0) is 0 Å². The van der Waals surface area contributed by atoms with Crippen LogP contribution >= 0.6 is 11.6 Å². The van der Waals surface area contributed by atoms with Crippen LogP contribution in [0.3, 0.4) is 0 Å². The molecular formula is C18H22ClN. The highest BCUT2D eigenvalue weighted by Gasteiger charge is 2.26. The molecule has 106 valence electrons. The smallest absolute Gasteiger partial charge is 0.0487 e. The van der Waals surface area contributed by atoms with E-state index in [9.17, 15) is 0 Å². The summed E-state index contributed by atoms with van der Waals surface area (Å²) in [6, 6.07) is 11.2. The second-order valence-electron chi connectivity index (χ2n) is 5.89. The Bertz CT molecular complexity index is 620. The van der Waals surface area contributed by atoms with E-state index in [1.54, 1.807) is 0 Å². The van der Waals surface area contributed by atoms with Crippen LogP contribution in [0.5, 0.6) is 0 Å². The molecule has 0 saturated carbocycles. The Morgan fingerprint density at radius 3 is 2.70 bits per heavy atom. The molecule has 0 heterocycles. The van der Waals surface area contributed by atoms with Gasteiger partial charge in [0.2, 0.25) is 0 Å². The van der Waals surface area contributed by atoms with Gasteiger partial charge >= 0.3 is 0 Å². The second-order valence-corrected chi connectivity index (χ2v) is 6.30. The normalized spacial score (nSPS) is 21.9. The molecule has 2 aromatic rings. The first kappa shape index (κ1) is 13.9. The summed E-state index contributed by atoms with van der Waals surface area (Å²) in [5.74, 6) is 0.617. The molecule has 1 nitrogen and oxygen atoms in total. The molecule has 0 amide bonds. The standard InChI is InChI=1S/C18H22ClN/c1-3-10-20-17-9-8-12(2)18-14-7-5-4-6-13(14)16(19)11-15(17)18/h4-7,11-12,17,20H,3,8-10H2,1-2H3. The van der Waals surface area contributed by atoms with Crippen LogP contribution in [0.25, 0.3) is 10.8 Å². The van der Waals surface area contributed by atoms with Crippen molar-refractivity contribution < 1.29 is 0 Å². The molecule has 1 aliphatic rings. The predicted octanol–water partition coefficient (Wildman–Crippen LogP) is 5.43. The molecular weight excluding hydrogens is 266 g/mol. The van der Waals surface area contributed by atoms with Crippen molar-refractivity contribution in [3.05, 3.63) is 46.5 Å². The molecule has 1 N–H and O–H groups in total. The highest BCUT2D eigenvalue weighted by molar-refractivity contribution is 6.35. The number of rotatable bonds is 3. The Morgan fingerprint density at radius 1 is 1.20 bits per heavy atom. The summed E-state index contributed by atoms with van der Waals surface area (Å²) in [5, 5.41) is 7.10. The van der Waals surface area contributed by atoms with Crippen LogP contribution < -0.4 is 5.32 Å². The van der Waals surface area contributed by atoms with Crippen LogP contribution in [0.1, 0.15) is 56.2 Å². The maximum atomic E-state index is 6.51. The number of benzene rings is 2. The molecule has 0 radical (unpaired) electrons. The number of nitrogens with one attached hydrogen (secondary N) is 1. The first-order valence-electron chi connectivity index (χ1n) is 7.66. The Balaban J connectivity index is 2.17. The third-order valence-electron chi connectivity index (χ3n) is 4.47. The molecule has 1 aliphatic carbocycles. The molecule has 2 heteroatoms. The zero-order valence-corrected chi connectivity index (χ0v) is 13.0. The Hall–Kier alpha value is -1.05. The van der Waals surface area contributed by atoms with Gasteiger partial charge in [-0.15, -0.1) is 0 Å². The van der Waals surface area contributed by atoms with Crippen LogP contribution in [0, 0.1) is 0 Å². The molecule has 0 fully saturated rings. The van der Waals surface area contributed by atoms with Crippen molar-refractivity contribution in [1.29, 1.82) is 0 Å². The van der Waals surface area contributed by atoms with E-state index in [1.807, 2.05) is 0 Å². The fraction of sp³-hybridized carbons (Fsp3) is 0.444. The van der Waals surface area contributed by atoms with Crippen molar-refractivity contribution in [3.8, 4) is 0 Å². The van der Waals surface area contributed by atoms with Gasteiger partial charge in [-0.2, -0.15) is 0 Å². The lowest BCUT2D eigenvalue weighted by Gasteiger charge is -2.32. The van der Waals surface area contributed by atoms with Crippen LogP contribution in [0.2, 0.25) is 5.02 Å². The van der Waals surface area contributed by atoms with Gasteiger partial charge in [0.1, 0.15) is 0 Å². The van der Waals surface area contributed by atoms with Gasteiger partial charge in [-0.3, -0.25) is 0 Å². The van der Waals surface area contributed by atoms with E-state index >= 15 is 0 Å². The molecule has 0 bridgehead atoms. The van der Waals surface area contributed by atoms with Gasteiger partial charge in [0, 0.05) is 16.5 Å². The van der Waals surface area contributed by atoms with Crippen LogP contribution in [0.15, 0.2) is 30.3 Å². The summed E-state index contributed by atoms with van der Waals surface area (Å²) >= 11 is 6.51. The Labute approximate surface area is 126 Å². The van der Waals surface area contributed by atoms with Crippen molar-refractivity contribution in [2.24, 2.45) is 0 Å². The van der Waals surface area contributed by atoms with E-state index in [0.717, 1.165) is 11.6 Å². The number of hydrogen-bond donors (Lipinski definition) is 1. The topological polar surface area (TPSA) is 12.0 Å². The average Bonchev–Trinajstić information content (AvgIpc) is 2.47. The number of halogens is 1. The van der Waals surface area contributed by atoms with E-state index < -0.39 is 0 Å². The summed E-state index contributed by atoms with van der Waals surface area (Å²) in [7, 11) is 0. The summed E-state index contributed by atoms with van der Waals surface area (Å²) in [6.45, 7) is 5.63. The summed E-state index contributed by atoms with van der Waals surface area (Å²) in [5.41, 5.74) is 2.92. The van der Waals surface area contributed by atoms with Gasteiger partial charge < -0.3 is 5.32 Å². The van der Waals surface area contributed by atoms with Gasteiger partial charge in [0.25, 0.3) is 0 Å². The Kier molecular flexibility index (Phi) is 4.00. The molecule has 0 aromatic heterocycles. The predicted molar refractivity (Wildman–Crippen MR) is 87.6 cm³/mol. The van der Waals surface area contributed by atoms with Gasteiger partial charge in [-0.05, 0) is 54.3 Å². The van der Waals surface area contributed by atoms with Gasteiger partial charge in [-0.1, -0.05) is 49.7 Å². The molecule has 2 atom stereocenters. The lowest BCUT2D eigenvalue weighted by molar-refractivity contribution is 0.435. The molecule has 0 aliphatic heterocycles. The highest BCUT2D eigenvalue weighted by atomic mass is 35.5. The van der Waals surface area contributed by atoms with Crippen molar-refractivity contribution in [2.45, 2.75) is 45.1 Å². The third kappa shape index (κ3) is 2.34. The molecule has 0 spiro atoms. The lowest BCUT2D eigenvalue weighted by Crippen LogP contribution is -2.27. The van der Waals surface area contributed by atoms with E-state index in [1.165, 1.54) is 41.2 Å². The minimum atomic E-state index is 0.461. The van der Waals surface area contributed by atoms with Crippen molar-refractivity contribution >= 4 is 22.4 Å². The largest absolute Gasteiger partial charge is 0.310 e. The quantitative estimate of drug-likeness (QED) is 0.793. The fourth-order valence-electron chi connectivity index (χ4n) is 3.46. The highest BCUT2D eigenvalue weighted by Crippen LogP contribution is 2.43. The summed E-state index contributed by atoms with van der Waals surface area (Å²) in [4.78, 5) is 0. The third-order valence-corrected chi connectivity index (χ3v) is 4.78. The maximum absolute atomic E-state index is 6.51. The zero-order valence-electron chi connectivity index (χ0n) is 12.2. The van der Waals surface area contributed by atoms with Gasteiger partial charge in [0.15, 0.2) is 0 Å². The Morgan fingerprint density at radius 2 is 1.95 bits per heavy atom. The summed E-state index contributed by atoms with van der Waals surface area (Å²) in [6.07, 6.45) is 3.63. The first-order valence-corrected chi connectivity index (χ1v) is 8.04. The average molecular weight is 288 g/mol. The molecule has 0 saturated heterocycles. The van der Waals surface area contributed by atoms with E-state index in [-0.39, 0.29) is 0 Å². The van der Waals surface area contributed by atoms with Crippen molar-refractivity contribution in [1.82, 2.24) is 5.32 Å². The molecule has 2 unspecified atom stereocenters. The van der Waals surface area contributed by atoms with E-state index in [2.05, 4.69) is 49.5 Å². The maximum Gasteiger partial charge on any atom is 0.0487 e. The van der Waals surface area contributed by atoms with Crippen LogP contribution in [0.4, 0.5) is 0 Å². The van der Waals surface area contributed by atoms with Crippen molar-refractivity contribution in [2.75, 3.05) is 6.54 Å². The van der Waals surface area contributed by atoms with Gasteiger partial charge in [0.05, 0.1) is 0 Å². The van der Waals surface area contributed by atoms with Gasteiger partial charge in [-0.25, -0.2) is 0 Å². The zero-order chi connectivity index (χ0) is 14.1. The molecule has 20 heavy (non-hydrogen) atoms. The molecule has 3 rings (SSSR count). The monoisotopic (exact) mass is 287 g/mol. The SMILES string of the molecule is CCCNC1CCC(C)c2c1cc(Cl)c1ccccc21.